The van der Waals surface area contributed by atoms with E-state index in [1.165, 1.54) is 0 Å². The highest BCUT2D eigenvalue weighted by Gasteiger charge is 2.25. The lowest BCUT2D eigenvalue weighted by Crippen LogP contribution is -2.36. The van der Waals surface area contributed by atoms with E-state index in [4.69, 9.17) is 4.74 Å². The van der Waals surface area contributed by atoms with Crippen molar-refractivity contribution in [3.05, 3.63) is 0 Å². The van der Waals surface area contributed by atoms with Gasteiger partial charge in [0.2, 0.25) is 0 Å². The Labute approximate surface area is 90.4 Å². The van der Waals surface area contributed by atoms with Crippen molar-refractivity contribution < 1.29 is 14.3 Å². The molecule has 4 heteroatoms. The van der Waals surface area contributed by atoms with Gasteiger partial charge in [0, 0.05) is 18.9 Å². The number of hydrogen-bond acceptors (Lipinski definition) is 3. The molecule has 0 aromatic carbocycles. The highest BCUT2D eigenvalue weighted by molar-refractivity contribution is 5.83. The van der Waals surface area contributed by atoms with Crippen LogP contribution < -0.4 is 5.32 Å². The summed E-state index contributed by atoms with van der Waals surface area (Å²) in [5.41, 5.74) is -0.482. The molecule has 4 nitrogen and oxygen atoms in total. The average Bonchev–Trinajstić information content (AvgIpc) is 2.44. The Morgan fingerprint density at radius 3 is 2.67 bits per heavy atom. The number of ether oxygens (including phenoxy) is 1. The second kappa shape index (κ2) is 4.64. The number of carbonyl (C=O) groups excluding carboxylic acids is 2. The highest BCUT2D eigenvalue weighted by Crippen LogP contribution is 2.20. The largest absolute Gasteiger partial charge is 0.444 e. The molecule has 0 spiro atoms. The quantitative estimate of drug-likeness (QED) is 0.762. The molecule has 1 aliphatic rings. The lowest BCUT2D eigenvalue weighted by atomic mass is 10.1. The smallest absolute Gasteiger partial charge is 0.407 e. The summed E-state index contributed by atoms with van der Waals surface area (Å²) in [7, 11) is 0. The van der Waals surface area contributed by atoms with Crippen molar-refractivity contribution in [1.29, 1.82) is 0 Å². The first-order chi connectivity index (χ1) is 6.88. The molecule has 1 N–H and O–H groups in total. The van der Waals surface area contributed by atoms with Gasteiger partial charge < -0.3 is 10.1 Å². The highest BCUT2D eigenvalue weighted by atomic mass is 16.6. The van der Waals surface area contributed by atoms with Crippen LogP contribution in [0.4, 0.5) is 4.79 Å². The summed E-state index contributed by atoms with van der Waals surface area (Å²) in [6.07, 6.45) is 2.04. The van der Waals surface area contributed by atoms with E-state index in [2.05, 4.69) is 5.32 Å². The minimum atomic E-state index is -0.482. The topological polar surface area (TPSA) is 55.4 Å². The third kappa shape index (κ3) is 4.32. The number of amides is 1. The molecule has 1 rings (SSSR count). The molecule has 0 saturated heterocycles. The zero-order valence-electron chi connectivity index (χ0n) is 9.63. The van der Waals surface area contributed by atoms with E-state index in [9.17, 15) is 9.59 Å². The van der Waals surface area contributed by atoms with Gasteiger partial charge in [0.05, 0.1) is 0 Å². The predicted molar refractivity (Wildman–Crippen MR) is 56.6 cm³/mol. The maximum atomic E-state index is 11.3. The third-order valence-electron chi connectivity index (χ3n) is 2.32. The van der Waals surface area contributed by atoms with Gasteiger partial charge in [0.25, 0.3) is 0 Å². The lowest BCUT2D eigenvalue weighted by Gasteiger charge is -2.20. The summed E-state index contributed by atoms with van der Waals surface area (Å²) < 4.78 is 5.07. The molecule has 0 aliphatic heterocycles. The molecule has 86 valence electrons. The summed E-state index contributed by atoms with van der Waals surface area (Å²) in [6.45, 7) is 5.85. The summed E-state index contributed by atoms with van der Waals surface area (Å²) in [5.74, 6) is 0.253. The van der Waals surface area contributed by atoms with Crippen LogP contribution in [0, 0.1) is 5.92 Å². The number of Topliss-reactive ketones (excluding diaryl/α,β-unsaturated/α-hetero) is 1. The van der Waals surface area contributed by atoms with Crippen molar-refractivity contribution in [2.75, 3.05) is 6.54 Å². The summed E-state index contributed by atoms with van der Waals surface area (Å²) in [5, 5.41) is 2.63. The first kappa shape index (κ1) is 12.0. The number of carbonyl (C=O) groups is 2. The van der Waals surface area contributed by atoms with E-state index in [0.29, 0.717) is 13.0 Å². The van der Waals surface area contributed by atoms with E-state index in [1.807, 2.05) is 20.8 Å². The number of ketones is 1. The second-order valence-electron chi connectivity index (χ2n) is 4.94. The van der Waals surface area contributed by atoms with Gasteiger partial charge >= 0.3 is 6.09 Å². The second-order valence-corrected chi connectivity index (χ2v) is 4.94. The summed E-state index contributed by atoms with van der Waals surface area (Å²) >= 11 is 0. The molecule has 1 saturated carbocycles. The van der Waals surface area contributed by atoms with Gasteiger partial charge in [-0.05, 0) is 33.6 Å². The van der Waals surface area contributed by atoms with Gasteiger partial charge in [-0.3, -0.25) is 4.79 Å². The van der Waals surface area contributed by atoms with Crippen LogP contribution in [0.5, 0.6) is 0 Å². The number of rotatable bonds is 2. The van der Waals surface area contributed by atoms with Gasteiger partial charge in [-0.1, -0.05) is 0 Å². The molecule has 1 atom stereocenters. The fourth-order valence-corrected chi connectivity index (χ4v) is 1.62. The maximum Gasteiger partial charge on any atom is 0.407 e. The lowest BCUT2D eigenvalue weighted by molar-refractivity contribution is -0.120. The molecule has 0 aromatic heterocycles. The minimum Gasteiger partial charge on any atom is -0.444 e. The van der Waals surface area contributed by atoms with E-state index in [1.54, 1.807) is 0 Å². The Kier molecular flexibility index (Phi) is 3.72. The molecule has 0 aromatic rings. The Hall–Kier alpha value is -1.06. The van der Waals surface area contributed by atoms with Crippen LogP contribution in [0.25, 0.3) is 0 Å². The fourth-order valence-electron chi connectivity index (χ4n) is 1.62. The molecule has 0 radical (unpaired) electrons. The zero-order valence-corrected chi connectivity index (χ0v) is 9.63. The van der Waals surface area contributed by atoms with E-state index >= 15 is 0 Å². The maximum absolute atomic E-state index is 11.3. The third-order valence-corrected chi connectivity index (χ3v) is 2.32. The zero-order chi connectivity index (χ0) is 11.5. The van der Waals surface area contributed by atoms with Crippen LogP contribution in [0.15, 0.2) is 0 Å². The number of hydrogen-bond donors (Lipinski definition) is 1. The first-order valence-corrected chi connectivity index (χ1v) is 5.38. The first-order valence-electron chi connectivity index (χ1n) is 5.38. The Balaban J connectivity index is 2.25. The van der Waals surface area contributed by atoms with Crippen LogP contribution in [-0.4, -0.2) is 24.0 Å². The van der Waals surface area contributed by atoms with Gasteiger partial charge in [-0.25, -0.2) is 4.79 Å². The fraction of sp³-hybridized carbons (Fsp3) is 0.818. The monoisotopic (exact) mass is 213 g/mol. The van der Waals surface area contributed by atoms with Crippen LogP contribution in [0.3, 0.4) is 0 Å². The van der Waals surface area contributed by atoms with Crippen molar-refractivity contribution in [2.24, 2.45) is 5.92 Å². The normalized spacial score (nSPS) is 21.5. The molecular formula is C11H19NO3. The van der Waals surface area contributed by atoms with Gasteiger partial charge in [-0.2, -0.15) is 0 Å². The molecular weight excluding hydrogens is 194 g/mol. The summed E-state index contributed by atoms with van der Waals surface area (Å²) in [6, 6.07) is 0. The Morgan fingerprint density at radius 1 is 1.53 bits per heavy atom. The molecule has 1 unspecified atom stereocenters. The van der Waals surface area contributed by atoms with Crippen LogP contribution >= 0.6 is 0 Å². The van der Waals surface area contributed by atoms with Crippen LogP contribution in [0.2, 0.25) is 0 Å². The van der Waals surface area contributed by atoms with Crippen molar-refractivity contribution in [1.82, 2.24) is 5.32 Å². The Bertz CT molecular complexity index is 255. The van der Waals surface area contributed by atoms with E-state index in [-0.39, 0.29) is 11.7 Å². The Morgan fingerprint density at radius 2 is 2.20 bits per heavy atom. The minimum absolute atomic E-state index is 0.00230. The van der Waals surface area contributed by atoms with Gasteiger partial charge in [0.1, 0.15) is 11.4 Å². The average molecular weight is 213 g/mol. The van der Waals surface area contributed by atoms with E-state index in [0.717, 1.165) is 12.8 Å². The number of alkyl carbamates (subject to hydrolysis) is 1. The molecule has 1 amide bonds. The molecule has 0 heterocycles. The van der Waals surface area contributed by atoms with Crippen molar-refractivity contribution in [3.8, 4) is 0 Å². The molecule has 15 heavy (non-hydrogen) atoms. The summed E-state index contributed by atoms with van der Waals surface area (Å²) in [4.78, 5) is 22.6. The molecule has 1 fully saturated rings. The standard InChI is InChI=1S/C11H19NO3/c1-11(2,3)15-10(14)12-7-8-5-4-6-9(8)13/h8H,4-7H2,1-3H3,(H,12,14). The van der Waals surface area contributed by atoms with Crippen LogP contribution in [-0.2, 0) is 9.53 Å². The van der Waals surface area contributed by atoms with Gasteiger partial charge in [0.15, 0.2) is 0 Å². The predicted octanol–water partition coefficient (Wildman–Crippen LogP) is 1.88. The van der Waals surface area contributed by atoms with Crippen LogP contribution in [0.1, 0.15) is 40.0 Å². The van der Waals surface area contributed by atoms with Crippen molar-refractivity contribution in [3.63, 3.8) is 0 Å². The SMILES string of the molecule is CC(C)(C)OC(=O)NCC1CCCC1=O. The van der Waals surface area contributed by atoms with Crippen molar-refractivity contribution >= 4 is 11.9 Å². The number of nitrogens with one attached hydrogen (secondary N) is 1. The van der Waals surface area contributed by atoms with Gasteiger partial charge in [-0.15, -0.1) is 0 Å². The molecule has 0 bridgehead atoms. The van der Waals surface area contributed by atoms with E-state index < -0.39 is 11.7 Å². The molecule has 1 aliphatic carbocycles. The van der Waals surface area contributed by atoms with Crippen molar-refractivity contribution in [2.45, 2.75) is 45.6 Å².